The van der Waals surface area contributed by atoms with Crippen molar-refractivity contribution < 1.29 is 19.4 Å². The van der Waals surface area contributed by atoms with E-state index in [1.165, 1.54) is 89.9 Å². The summed E-state index contributed by atoms with van der Waals surface area (Å²) in [5, 5.41) is 8.41. The minimum Gasteiger partial charge on any atom is -0.481 e. The summed E-state index contributed by atoms with van der Waals surface area (Å²) in [5.41, 5.74) is 0. The second-order valence-corrected chi connectivity index (χ2v) is 9.34. The van der Waals surface area contributed by atoms with Crippen molar-refractivity contribution >= 4 is 11.9 Å². The van der Waals surface area contributed by atoms with E-state index in [0.29, 0.717) is 18.6 Å². The van der Waals surface area contributed by atoms with Crippen molar-refractivity contribution in [1.82, 2.24) is 0 Å². The Labute approximate surface area is 209 Å². The first-order valence-corrected chi connectivity index (χ1v) is 14.1. The minimum atomic E-state index is -0.659. The van der Waals surface area contributed by atoms with Crippen molar-refractivity contribution in [2.75, 3.05) is 0 Å². The summed E-state index contributed by atoms with van der Waals surface area (Å²) in [4.78, 5) is 21.8. The van der Waals surface area contributed by atoms with Gasteiger partial charge in [-0.15, -0.1) is 0 Å². The third-order valence-corrected chi connectivity index (χ3v) is 5.95. The lowest BCUT2D eigenvalue weighted by Crippen LogP contribution is -2.07. The van der Waals surface area contributed by atoms with Gasteiger partial charge in [-0.25, -0.2) is 0 Å². The van der Waals surface area contributed by atoms with Gasteiger partial charge in [-0.1, -0.05) is 135 Å². The Hall–Kier alpha value is -1.84. The zero-order chi connectivity index (χ0) is 25.1. The molecular weight excluding hydrogens is 424 g/mol. The van der Waals surface area contributed by atoms with Crippen LogP contribution in [0.2, 0.25) is 0 Å². The number of esters is 1. The standard InChI is InChI=1S/C18H28O2.C12H24O2/c1-2-3-4-5-6-7-8-9-13-16-18(19)20-17-14-11-10-12-15-17;1-2-3-4-5-6-7-8-9-10-11-12(13)14/h10-12,14-15H,2-9,13,16H2,1H3;2-11H2,1H3,(H,13,14). The van der Waals surface area contributed by atoms with Crippen LogP contribution >= 0.6 is 0 Å². The number of carbonyl (C=O) groups excluding carboxylic acids is 1. The molecule has 1 N–H and O–H groups in total. The normalized spacial score (nSPS) is 10.4. The van der Waals surface area contributed by atoms with E-state index >= 15 is 0 Å². The molecule has 0 bridgehead atoms. The molecule has 0 amide bonds. The van der Waals surface area contributed by atoms with E-state index in [4.69, 9.17) is 9.84 Å². The molecule has 4 heteroatoms. The number of para-hydroxylation sites is 1. The molecular formula is C30H52O4. The number of hydrogen-bond donors (Lipinski definition) is 1. The number of carbonyl (C=O) groups is 2. The van der Waals surface area contributed by atoms with Crippen LogP contribution in [-0.2, 0) is 9.59 Å². The predicted molar refractivity (Wildman–Crippen MR) is 143 cm³/mol. The number of ether oxygens (including phenoxy) is 1. The van der Waals surface area contributed by atoms with Gasteiger partial charge in [0.05, 0.1) is 0 Å². The summed E-state index contributed by atoms with van der Waals surface area (Å²) in [6.45, 7) is 4.47. The van der Waals surface area contributed by atoms with Crippen molar-refractivity contribution in [1.29, 1.82) is 0 Å². The number of hydrogen-bond acceptors (Lipinski definition) is 3. The molecule has 4 nitrogen and oxygen atoms in total. The molecule has 0 fully saturated rings. The Bertz CT molecular complexity index is 570. The van der Waals surface area contributed by atoms with Crippen LogP contribution in [0.5, 0.6) is 5.75 Å². The van der Waals surface area contributed by atoms with Crippen molar-refractivity contribution in [3.05, 3.63) is 30.3 Å². The topological polar surface area (TPSA) is 63.6 Å². The smallest absolute Gasteiger partial charge is 0.311 e. The highest BCUT2D eigenvalue weighted by atomic mass is 16.5. The Morgan fingerprint density at radius 1 is 0.588 bits per heavy atom. The second-order valence-electron chi connectivity index (χ2n) is 9.34. The van der Waals surface area contributed by atoms with E-state index in [1.807, 2.05) is 30.3 Å². The van der Waals surface area contributed by atoms with Crippen LogP contribution in [0.3, 0.4) is 0 Å². The monoisotopic (exact) mass is 476 g/mol. The molecule has 0 aliphatic heterocycles. The number of unbranched alkanes of at least 4 members (excludes halogenated alkanes) is 16. The Balaban J connectivity index is 0.000000686. The maximum atomic E-state index is 11.6. The van der Waals surface area contributed by atoms with Crippen LogP contribution in [0, 0.1) is 0 Å². The van der Waals surface area contributed by atoms with Gasteiger partial charge in [-0.2, -0.15) is 0 Å². The highest BCUT2D eigenvalue weighted by Gasteiger charge is 2.03. The highest BCUT2D eigenvalue weighted by molar-refractivity contribution is 5.72. The average Bonchev–Trinajstić information content (AvgIpc) is 2.83. The van der Waals surface area contributed by atoms with Gasteiger partial charge in [0.1, 0.15) is 5.75 Å². The molecule has 1 aromatic rings. The van der Waals surface area contributed by atoms with E-state index in [-0.39, 0.29) is 5.97 Å². The SMILES string of the molecule is CCCCCCCCCCCC(=O)O.CCCCCCCCCCCC(=O)Oc1ccccc1. The van der Waals surface area contributed by atoms with Gasteiger partial charge in [0.2, 0.25) is 0 Å². The Morgan fingerprint density at radius 3 is 1.38 bits per heavy atom. The average molecular weight is 477 g/mol. The molecule has 0 radical (unpaired) electrons. The first-order valence-electron chi connectivity index (χ1n) is 14.1. The van der Waals surface area contributed by atoms with Gasteiger partial charge in [-0.3, -0.25) is 9.59 Å². The zero-order valence-electron chi connectivity index (χ0n) is 22.2. The number of aliphatic carboxylic acids is 1. The summed E-state index contributed by atoms with van der Waals surface area (Å²) in [6.07, 6.45) is 23.4. The molecule has 34 heavy (non-hydrogen) atoms. The van der Waals surface area contributed by atoms with Crippen LogP contribution in [0.4, 0.5) is 0 Å². The van der Waals surface area contributed by atoms with E-state index in [1.54, 1.807) is 0 Å². The second kappa shape index (κ2) is 25.8. The van der Waals surface area contributed by atoms with Crippen LogP contribution in [-0.4, -0.2) is 17.0 Å². The maximum Gasteiger partial charge on any atom is 0.311 e. The van der Waals surface area contributed by atoms with Crippen molar-refractivity contribution in [3.63, 3.8) is 0 Å². The van der Waals surface area contributed by atoms with Gasteiger partial charge in [0, 0.05) is 12.8 Å². The summed E-state index contributed by atoms with van der Waals surface area (Å²) in [7, 11) is 0. The largest absolute Gasteiger partial charge is 0.481 e. The van der Waals surface area contributed by atoms with E-state index in [9.17, 15) is 9.59 Å². The van der Waals surface area contributed by atoms with Crippen LogP contribution in [0.15, 0.2) is 30.3 Å². The first-order chi connectivity index (χ1) is 16.6. The summed E-state index contributed by atoms with van der Waals surface area (Å²) in [6, 6.07) is 9.29. The molecule has 0 aliphatic rings. The molecule has 0 unspecified atom stereocenters. The van der Waals surface area contributed by atoms with Gasteiger partial charge >= 0.3 is 11.9 Å². The fourth-order valence-corrected chi connectivity index (χ4v) is 3.84. The summed E-state index contributed by atoms with van der Waals surface area (Å²) in [5.74, 6) is -0.125. The number of rotatable bonds is 21. The summed E-state index contributed by atoms with van der Waals surface area (Å²) >= 11 is 0. The lowest BCUT2D eigenvalue weighted by molar-refractivity contribution is -0.137. The molecule has 196 valence electrons. The summed E-state index contributed by atoms with van der Waals surface area (Å²) < 4.78 is 5.25. The number of benzene rings is 1. The third-order valence-electron chi connectivity index (χ3n) is 5.95. The maximum absolute atomic E-state index is 11.6. The van der Waals surface area contributed by atoms with E-state index in [0.717, 1.165) is 25.7 Å². The fourth-order valence-electron chi connectivity index (χ4n) is 3.84. The molecule has 1 aromatic carbocycles. The Kier molecular flexibility index (Phi) is 24.4. The van der Waals surface area contributed by atoms with Gasteiger partial charge in [0.25, 0.3) is 0 Å². The van der Waals surface area contributed by atoms with Crippen molar-refractivity contribution in [3.8, 4) is 5.75 Å². The predicted octanol–water partition coefficient (Wildman–Crippen LogP) is 9.50. The lowest BCUT2D eigenvalue weighted by atomic mass is 10.1. The van der Waals surface area contributed by atoms with E-state index < -0.39 is 5.97 Å². The highest BCUT2D eigenvalue weighted by Crippen LogP contribution is 2.13. The molecule has 0 heterocycles. The molecule has 0 saturated heterocycles. The van der Waals surface area contributed by atoms with Crippen LogP contribution in [0.1, 0.15) is 142 Å². The molecule has 0 aromatic heterocycles. The quantitative estimate of drug-likeness (QED) is 0.109. The molecule has 0 saturated carbocycles. The van der Waals surface area contributed by atoms with Crippen molar-refractivity contribution in [2.45, 2.75) is 142 Å². The van der Waals surface area contributed by atoms with Gasteiger partial charge in [0.15, 0.2) is 0 Å². The van der Waals surface area contributed by atoms with Gasteiger partial charge < -0.3 is 9.84 Å². The molecule has 0 aliphatic carbocycles. The first kappa shape index (κ1) is 32.2. The van der Waals surface area contributed by atoms with Crippen LogP contribution in [0.25, 0.3) is 0 Å². The molecule has 0 spiro atoms. The lowest BCUT2D eigenvalue weighted by Gasteiger charge is -2.04. The van der Waals surface area contributed by atoms with E-state index in [2.05, 4.69) is 13.8 Å². The molecule has 0 atom stereocenters. The number of carboxylic acids is 1. The van der Waals surface area contributed by atoms with Crippen LogP contribution < -0.4 is 4.74 Å². The van der Waals surface area contributed by atoms with Crippen molar-refractivity contribution in [2.24, 2.45) is 0 Å². The minimum absolute atomic E-state index is 0.112. The number of carboxylic acid groups (broad SMARTS) is 1. The molecule has 1 rings (SSSR count). The van der Waals surface area contributed by atoms with Gasteiger partial charge in [-0.05, 0) is 25.0 Å². The third kappa shape index (κ3) is 24.8. The fraction of sp³-hybridized carbons (Fsp3) is 0.733. The zero-order valence-corrected chi connectivity index (χ0v) is 22.2. The Morgan fingerprint density at radius 2 is 0.971 bits per heavy atom.